The predicted molar refractivity (Wildman–Crippen MR) is 164 cm³/mol. The molecule has 3 aromatic rings. The highest BCUT2D eigenvalue weighted by molar-refractivity contribution is 6.51. The Balaban J connectivity index is 1.94. The molecule has 1 N–H and O–H groups in total. The third-order valence-electron chi connectivity index (χ3n) is 7.30. The fraction of sp³-hybridized carbons (Fsp3) is 0.371. The molecule has 3 aromatic carbocycles. The molecular weight excluding hydrogens is 514 g/mol. The van der Waals surface area contributed by atoms with Crippen LogP contribution in [0.5, 0.6) is 11.5 Å². The smallest absolute Gasteiger partial charge is 0.300 e. The Hall–Kier alpha value is -4.06. The zero-order valence-electron chi connectivity index (χ0n) is 25.4. The molecule has 6 nitrogen and oxygen atoms in total. The van der Waals surface area contributed by atoms with Crippen LogP contribution in [0.2, 0.25) is 0 Å². The summed E-state index contributed by atoms with van der Waals surface area (Å²) >= 11 is 0. The number of Topliss-reactive ketones (excluding diaryl/α,β-unsaturated/α-hetero) is 1. The number of ketones is 1. The van der Waals surface area contributed by atoms with Crippen LogP contribution in [-0.2, 0) is 20.4 Å². The molecule has 1 saturated heterocycles. The first kappa shape index (κ1) is 29.9. The van der Waals surface area contributed by atoms with Crippen molar-refractivity contribution in [1.82, 2.24) is 0 Å². The Labute approximate surface area is 243 Å². The van der Waals surface area contributed by atoms with Gasteiger partial charge in [-0.15, -0.1) is 0 Å². The number of benzene rings is 3. The average Bonchev–Trinajstić information content (AvgIpc) is 3.18. The van der Waals surface area contributed by atoms with Gasteiger partial charge in [0.05, 0.1) is 24.8 Å². The zero-order chi connectivity index (χ0) is 30.1. The van der Waals surface area contributed by atoms with Gasteiger partial charge in [0.1, 0.15) is 17.3 Å². The lowest BCUT2D eigenvalue weighted by Crippen LogP contribution is -2.29. The maximum atomic E-state index is 13.7. The summed E-state index contributed by atoms with van der Waals surface area (Å²) in [6.07, 6.45) is 0. The van der Waals surface area contributed by atoms with E-state index >= 15 is 0 Å². The number of hydrogen-bond acceptors (Lipinski definition) is 5. The number of hydrogen-bond donors (Lipinski definition) is 1. The number of rotatable bonds is 7. The van der Waals surface area contributed by atoms with E-state index in [2.05, 4.69) is 41.5 Å². The minimum absolute atomic E-state index is 0.0457. The lowest BCUT2D eigenvalue weighted by Gasteiger charge is -2.27. The van der Waals surface area contributed by atoms with Crippen LogP contribution < -0.4 is 14.4 Å². The summed E-state index contributed by atoms with van der Waals surface area (Å²) in [6.45, 7) is 17.4. The molecule has 0 spiro atoms. The van der Waals surface area contributed by atoms with E-state index in [-0.39, 0.29) is 22.2 Å². The van der Waals surface area contributed by atoms with Gasteiger partial charge in [-0.1, -0.05) is 71.9 Å². The van der Waals surface area contributed by atoms with Gasteiger partial charge < -0.3 is 14.6 Å². The Morgan fingerprint density at radius 3 is 2.07 bits per heavy atom. The topological polar surface area (TPSA) is 76.1 Å². The summed E-state index contributed by atoms with van der Waals surface area (Å²) in [6, 6.07) is 19.6. The third kappa shape index (κ3) is 6.02. The average molecular weight is 556 g/mol. The lowest BCUT2D eigenvalue weighted by atomic mass is 9.84. The second-order valence-electron chi connectivity index (χ2n) is 12.4. The maximum Gasteiger partial charge on any atom is 0.300 e. The molecular formula is C35H41NO5. The molecule has 0 aliphatic carbocycles. The van der Waals surface area contributed by atoms with Gasteiger partial charge in [-0.2, -0.15) is 0 Å². The second-order valence-corrected chi connectivity index (χ2v) is 12.4. The van der Waals surface area contributed by atoms with Gasteiger partial charge in [-0.3, -0.25) is 14.5 Å². The van der Waals surface area contributed by atoms with E-state index in [0.717, 1.165) is 22.4 Å². The molecule has 1 aliphatic heterocycles. The summed E-state index contributed by atoms with van der Waals surface area (Å²) in [5.74, 6) is -0.341. The van der Waals surface area contributed by atoms with E-state index in [0.29, 0.717) is 30.2 Å². The van der Waals surface area contributed by atoms with Gasteiger partial charge in [0.25, 0.3) is 11.7 Å². The number of carbonyl (C=O) groups is 2. The molecule has 1 atom stereocenters. The monoisotopic (exact) mass is 555 g/mol. The van der Waals surface area contributed by atoms with Crippen LogP contribution >= 0.6 is 0 Å². The van der Waals surface area contributed by atoms with Crippen molar-refractivity contribution < 1.29 is 24.2 Å². The summed E-state index contributed by atoms with van der Waals surface area (Å²) in [4.78, 5) is 28.8. The fourth-order valence-corrected chi connectivity index (χ4v) is 5.17. The first-order chi connectivity index (χ1) is 19.3. The number of nitrogens with zero attached hydrogens (tertiary/aromatic N) is 1. The number of amides is 1. The van der Waals surface area contributed by atoms with E-state index in [4.69, 9.17) is 9.47 Å². The molecule has 1 amide bonds. The number of anilines is 1. The molecule has 1 heterocycles. The minimum atomic E-state index is -0.828. The third-order valence-corrected chi connectivity index (χ3v) is 7.30. The molecule has 0 radical (unpaired) electrons. The van der Waals surface area contributed by atoms with Crippen molar-refractivity contribution >= 4 is 23.1 Å². The van der Waals surface area contributed by atoms with Gasteiger partial charge in [-0.05, 0) is 66.1 Å². The van der Waals surface area contributed by atoms with Crippen LogP contribution in [0.25, 0.3) is 5.76 Å². The first-order valence-corrected chi connectivity index (χ1v) is 14.2. The van der Waals surface area contributed by atoms with Crippen molar-refractivity contribution in [2.24, 2.45) is 0 Å². The number of aliphatic hydroxyl groups is 1. The van der Waals surface area contributed by atoms with Crippen LogP contribution in [0.1, 0.15) is 83.7 Å². The first-order valence-electron chi connectivity index (χ1n) is 14.2. The van der Waals surface area contributed by atoms with Gasteiger partial charge in [0.15, 0.2) is 0 Å². The molecule has 1 fully saturated rings. The van der Waals surface area contributed by atoms with E-state index in [1.54, 1.807) is 24.3 Å². The molecule has 1 aliphatic rings. The Kier molecular flexibility index (Phi) is 8.34. The van der Waals surface area contributed by atoms with Crippen molar-refractivity contribution in [3.63, 3.8) is 0 Å². The maximum absolute atomic E-state index is 13.7. The molecule has 216 valence electrons. The molecule has 4 rings (SSSR count). The van der Waals surface area contributed by atoms with Crippen molar-refractivity contribution in [2.45, 2.75) is 72.3 Å². The Bertz CT molecular complexity index is 1470. The summed E-state index contributed by atoms with van der Waals surface area (Å²) in [5.41, 5.74) is 3.41. The van der Waals surface area contributed by atoms with Crippen LogP contribution in [0.15, 0.2) is 72.3 Å². The lowest BCUT2D eigenvalue weighted by molar-refractivity contribution is -0.132. The van der Waals surface area contributed by atoms with Crippen LogP contribution in [-0.4, -0.2) is 30.0 Å². The largest absolute Gasteiger partial charge is 0.507 e. The van der Waals surface area contributed by atoms with E-state index in [1.807, 2.05) is 56.3 Å². The molecule has 41 heavy (non-hydrogen) atoms. The van der Waals surface area contributed by atoms with Gasteiger partial charge >= 0.3 is 0 Å². The molecule has 0 saturated carbocycles. The second kappa shape index (κ2) is 11.4. The van der Waals surface area contributed by atoms with Crippen LogP contribution in [0, 0.1) is 0 Å². The zero-order valence-corrected chi connectivity index (χ0v) is 25.4. The molecule has 1 unspecified atom stereocenters. The molecule has 0 bridgehead atoms. The highest BCUT2D eigenvalue weighted by atomic mass is 16.5. The standard InChI is InChI=1S/C35H41NO5/c1-9-40-26-13-11-12-25(21-26)36-30(22-14-17-24(18-15-22)34(3,4)5)29(32(38)33(36)39)31(37)23-16-19-28(41-10-2)27(20-23)35(6,7)8/h11-21,30,37H,9-10H2,1-8H3/b31-29-. The van der Waals surface area contributed by atoms with Crippen molar-refractivity contribution in [1.29, 1.82) is 0 Å². The SMILES string of the molecule is CCOc1cccc(N2C(=O)C(=O)/C(=C(\O)c3ccc(OCC)c(C(C)(C)C)c3)C2c2ccc(C(C)(C)C)cc2)c1. The summed E-state index contributed by atoms with van der Waals surface area (Å²) in [5, 5.41) is 11.8. The number of carbonyl (C=O) groups excluding carboxylic acids is 2. The van der Waals surface area contributed by atoms with E-state index in [1.165, 1.54) is 4.90 Å². The molecule has 6 heteroatoms. The summed E-state index contributed by atoms with van der Waals surface area (Å²) < 4.78 is 11.5. The van der Waals surface area contributed by atoms with Crippen LogP contribution in [0.4, 0.5) is 5.69 Å². The quantitative estimate of drug-likeness (QED) is 0.184. The highest BCUT2D eigenvalue weighted by Crippen LogP contribution is 2.44. The minimum Gasteiger partial charge on any atom is -0.507 e. The summed E-state index contributed by atoms with van der Waals surface area (Å²) in [7, 11) is 0. The normalized spacial score (nSPS) is 17.2. The Morgan fingerprint density at radius 2 is 1.49 bits per heavy atom. The predicted octanol–water partition coefficient (Wildman–Crippen LogP) is 7.71. The van der Waals surface area contributed by atoms with Crippen molar-refractivity contribution in [3.05, 3.63) is 94.6 Å². The van der Waals surface area contributed by atoms with Gasteiger partial charge in [0.2, 0.25) is 0 Å². The Morgan fingerprint density at radius 1 is 0.829 bits per heavy atom. The fourth-order valence-electron chi connectivity index (χ4n) is 5.17. The van der Waals surface area contributed by atoms with Crippen LogP contribution in [0.3, 0.4) is 0 Å². The number of aliphatic hydroxyl groups excluding tert-OH is 1. The van der Waals surface area contributed by atoms with E-state index in [9.17, 15) is 14.7 Å². The van der Waals surface area contributed by atoms with Gasteiger partial charge in [0, 0.05) is 22.9 Å². The van der Waals surface area contributed by atoms with Gasteiger partial charge in [-0.25, -0.2) is 0 Å². The highest BCUT2D eigenvalue weighted by Gasteiger charge is 2.47. The molecule has 0 aromatic heterocycles. The van der Waals surface area contributed by atoms with E-state index < -0.39 is 17.7 Å². The van der Waals surface area contributed by atoms with Crippen molar-refractivity contribution in [3.8, 4) is 11.5 Å². The van der Waals surface area contributed by atoms with Crippen molar-refractivity contribution in [2.75, 3.05) is 18.1 Å². The number of ether oxygens (including phenoxy) is 2.